The van der Waals surface area contributed by atoms with Crippen molar-refractivity contribution in [3.05, 3.63) is 30.3 Å². The molecule has 1 aromatic rings. The van der Waals surface area contributed by atoms with Crippen LogP contribution in [-0.4, -0.2) is 22.7 Å². The van der Waals surface area contributed by atoms with Crippen molar-refractivity contribution < 1.29 is 13.6 Å². The van der Waals surface area contributed by atoms with Gasteiger partial charge in [-0.1, -0.05) is 39.0 Å². The molecule has 0 saturated heterocycles. The quantitative estimate of drug-likeness (QED) is 0.597. The van der Waals surface area contributed by atoms with Crippen LogP contribution in [-0.2, 0) is 9.16 Å². The van der Waals surface area contributed by atoms with Crippen molar-refractivity contribution in [1.82, 2.24) is 0 Å². The summed E-state index contributed by atoms with van der Waals surface area (Å²) in [4.78, 5) is 0. The van der Waals surface area contributed by atoms with Crippen LogP contribution in [0.15, 0.2) is 30.3 Å². The normalized spacial score (nSPS) is 15.4. The third-order valence-corrected chi connectivity index (χ3v) is 4.87. The van der Waals surface area contributed by atoms with Crippen LogP contribution in [0.2, 0.25) is 5.04 Å². The molecule has 2 unspecified atom stereocenters. The highest BCUT2D eigenvalue weighted by Crippen LogP contribution is 2.30. The molecular formula is C13H22O3Si. The summed E-state index contributed by atoms with van der Waals surface area (Å²) in [5.74, 6) is 0.863. The molecule has 2 atom stereocenters. The molecule has 0 fully saturated rings. The molecule has 0 aliphatic rings. The zero-order valence-electron chi connectivity index (χ0n) is 11.3. The minimum absolute atomic E-state index is 0.0165. The maximum Gasteiger partial charge on any atom is 0.389 e. The van der Waals surface area contributed by atoms with E-state index in [9.17, 15) is 0 Å². The van der Waals surface area contributed by atoms with Gasteiger partial charge in [0.25, 0.3) is 0 Å². The average molecular weight is 254 g/mol. The van der Waals surface area contributed by atoms with Crippen LogP contribution in [0.25, 0.3) is 0 Å². The number of benzene rings is 1. The van der Waals surface area contributed by atoms with Crippen LogP contribution < -0.4 is 4.43 Å². The summed E-state index contributed by atoms with van der Waals surface area (Å²) in [6.07, 6.45) is -0.227. The molecule has 0 N–H and O–H groups in total. The first-order valence-corrected chi connectivity index (χ1v) is 7.35. The SMILES string of the molecule is COC(C)O[SiH](Oc1ccccc1)C(C)(C)C. The van der Waals surface area contributed by atoms with Gasteiger partial charge in [0.15, 0.2) is 0 Å². The van der Waals surface area contributed by atoms with E-state index in [1.54, 1.807) is 7.11 Å². The molecule has 1 aromatic carbocycles. The Balaban J connectivity index is 2.71. The highest BCUT2D eigenvalue weighted by molar-refractivity contribution is 6.49. The molecule has 0 spiro atoms. The van der Waals surface area contributed by atoms with Gasteiger partial charge in [-0.05, 0) is 19.1 Å². The van der Waals surface area contributed by atoms with Crippen molar-refractivity contribution in [2.24, 2.45) is 0 Å². The van der Waals surface area contributed by atoms with Gasteiger partial charge in [0, 0.05) is 12.1 Å². The van der Waals surface area contributed by atoms with E-state index in [0.717, 1.165) is 5.75 Å². The minimum atomic E-state index is -1.85. The molecule has 3 nitrogen and oxygen atoms in total. The molecule has 0 aliphatic heterocycles. The topological polar surface area (TPSA) is 27.7 Å². The second-order valence-corrected chi connectivity index (χ2v) is 7.97. The predicted molar refractivity (Wildman–Crippen MR) is 71.5 cm³/mol. The summed E-state index contributed by atoms with van der Waals surface area (Å²) in [6, 6.07) is 9.80. The minimum Gasteiger partial charge on any atom is -0.522 e. The van der Waals surface area contributed by atoms with Crippen molar-refractivity contribution in [1.29, 1.82) is 0 Å². The number of para-hydroxylation sites is 1. The molecule has 0 aromatic heterocycles. The lowest BCUT2D eigenvalue weighted by Crippen LogP contribution is -2.39. The third kappa shape index (κ3) is 4.89. The molecule has 0 bridgehead atoms. The maximum absolute atomic E-state index is 5.99. The summed E-state index contributed by atoms with van der Waals surface area (Å²) in [5.41, 5.74) is 0. The molecule has 4 heteroatoms. The monoisotopic (exact) mass is 254 g/mol. The van der Waals surface area contributed by atoms with Gasteiger partial charge >= 0.3 is 9.28 Å². The molecule has 1 rings (SSSR count). The van der Waals surface area contributed by atoms with E-state index in [2.05, 4.69) is 20.8 Å². The Morgan fingerprint density at radius 1 is 1.12 bits per heavy atom. The Morgan fingerprint density at radius 2 is 1.71 bits per heavy atom. The first kappa shape index (κ1) is 14.2. The lowest BCUT2D eigenvalue weighted by molar-refractivity contribution is -0.0528. The molecule has 0 aliphatic carbocycles. The fourth-order valence-electron chi connectivity index (χ4n) is 1.26. The summed E-state index contributed by atoms with van der Waals surface area (Å²) >= 11 is 0. The molecule has 0 heterocycles. The molecule has 0 saturated carbocycles. The van der Waals surface area contributed by atoms with E-state index in [-0.39, 0.29) is 11.3 Å². The van der Waals surface area contributed by atoms with Gasteiger partial charge < -0.3 is 13.6 Å². The van der Waals surface area contributed by atoms with Crippen molar-refractivity contribution >= 4 is 9.28 Å². The zero-order valence-corrected chi connectivity index (χ0v) is 12.4. The molecule has 96 valence electrons. The highest BCUT2D eigenvalue weighted by atomic mass is 28.3. The summed E-state index contributed by atoms with van der Waals surface area (Å²) in [7, 11) is -0.209. The van der Waals surface area contributed by atoms with Crippen molar-refractivity contribution in [2.75, 3.05) is 7.11 Å². The van der Waals surface area contributed by atoms with E-state index < -0.39 is 9.28 Å². The Bertz CT molecular complexity index is 321. The van der Waals surface area contributed by atoms with Crippen LogP contribution in [0.5, 0.6) is 5.75 Å². The van der Waals surface area contributed by atoms with Crippen molar-refractivity contribution in [3.63, 3.8) is 0 Å². The van der Waals surface area contributed by atoms with Crippen LogP contribution >= 0.6 is 0 Å². The largest absolute Gasteiger partial charge is 0.522 e. The molecule has 0 amide bonds. The summed E-state index contributed by atoms with van der Waals surface area (Å²) < 4.78 is 17.0. The Labute approximate surface area is 106 Å². The molecule has 0 radical (unpaired) electrons. The van der Waals surface area contributed by atoms with Gasteiger partial charge in [0.2, 0.25) is 0 Å². The lowest BCUT2D eigenvalue weighted by atomic mass is 10.3. The third-order valence-electron chi connectivity index (χ3n) is 2.34. The second-order valence-electron chi connectivity index (χ2n) is 5.07. The fraction of sp³-hybridized carbons (Fsp3) is 0.538. The van der Waals surface area contributed by atoms with Gasteiger partial charge in [-0.25, -0.2) is 0 Å². The number of hydrogen-bond donors (Lipinski definition) is 0. The zero-order chi connectivity index (χ0) is 12.9. The lowest BCUT2D eigenvalue weighted by Gasteiger charge is -2.30. The average Bonchev–Trinajstić information content (AvgIpc) is 2.28. The number of methoxy groups -OCH3 is 1. The van der Waals surface area contributed by atoms with Gasteiger partial charge in [-0.3, -0.25) is 0 Å². The van der Waals surface area contributed by atoms with Crippen LogP contribution in [0.3, 0.4) is 0 Å². The Morgan fingerprint density at radius 3 is 2.18 bits per heavy atom. The van der Waals surface area contributed by atoms with E-state index >= 15 is 0 Å². The Kier molecular flexibility index (Phi) is 5.18. The number of hydrogen-bond acceptors (Lipinski definition) is 3. The van der Waals surface area contributed by atoms with Crippen molar-refractivity contribution in [2.45, 2.75) is 39.0 Å². The number of rotatable bonds is 5. The van der Waals surface area contributed by atoms with Gasteiger partial charge in [-0.15, -0.1) is 0 Å². The summed E-state index contributed by atoms with van der Waals surface area (Å²) in [6.45, 7) is 8.29. The number of ether oxygens (including phenoxy) is 1. The van der Waals surface area contributed by atoms with E-state index in [1.165, 1.54) is 0 Å². The van der Waals surface area contributed by atoms with Gasteiger partial charge in [0.1, 0.15) is 12.0 Å². The highest BCUT2D eigenvalue weighted by Gasteiger charge is 2.33. The maximum atomic E-state index is 5.99. The standard InChI is InChI=1S/C13H22O3Si/c1-11(14-5)15-17(13(2,3)4)16-12-9-7-6-8-10-12/h6-11,17H,1-5H3. The first-order chi connectivity index (χ1) is 7.93. The van der Waals surface area contributed by atoms with Gasteiger partial charge in [0.05, 0.1) is 0 Å². The van der Waals surface area contributed by atoms with Crippen LogP contribution in [0.1, 0.15) is 27.7 Å². The fourth-order valence-corrected chi connectivity index (χ4v) is 2.94. The van der Waals surface area contributed by atoms with E-state index in [4.69, 9.17) is 13.6 Å². The molecular weight excluding hydrogens is 232 g/mol. The molecule has 17 heavy (non-hydrogen) atoms. The van der Waals surface area contributed by atoms with Gasteiger partial charge in [-0.2, -0.15) is 0 Å². The van der Waals surface area contributed by atoms with Crippen LogP contribution in [0.4, 0.5) is 0 Å². The van der Waals surface area contributed by atoms with E-state index in [0.29, 0.717) is 0 Å². The smallest absolute Gasteiger partial charge is 0.389 e. The van der Waals surface area contributed by atoms with Crippen molar-refractivity contribution in [3.8, 4) is 5.75 Å². The predicted octanol–water partition coefficient (Wildman–Crippen LogP) is 3.10. The second kappa shape index (κ2) is 6.19. The summed E-state index contributed by atoms with van der Waals surface area (Å²) in [5, 5.41) is 0.0165. The van der Waals surface area contributed by atoms with Crippen LogP contribution in [0, 0.1) is 0 Å². The van der Waals surface area contributed by atoms with E-state index in [1.807, 2.05) is 37.3 Å². The Hall–Kier alpha value is -0.843. The first-order valence-electron chi connectivity index (χ1n) is 5.83.